The quantitative estimate of drug-likeness (QED) is 0.526. The molecule has 0 bridgehead atoms. The van der Waals surface area contributed by atoms with Gasteiger partial charge in [-0.15, -0.1) is 0 Å². The van der Waals surface area contributed by atoms with Gasteiger partial charge in [-0.25, -0.2) is 17.5 Å². The lowest BCUT2D eigenvalue weighted by molar-refractivity contribution is 0.0977. The minimum Gasteiger partial charge on any atom is -0.492 e. The van der Waals surface area contributed by atoms with E-state index in [0.29, 0.717) is 18.6 Å². The van der Waals surface area contributed by atoms with Crippen LogP contribution in [0.4, 0.5) is 10.1 Å². The summed E-state index contributed by atoms with van der Waals surface area (Å²) in [5, 5.41) is 0.0545. The van der Waals surface area contributed by atoms with Crippen LogP contribution in [0, 0.1) is 11.7 Å². The van der Waals surface area contributed by atoms with Crippen LogP contribution in [0.5, 0.6) is 5.75 Å². The maximum atomic E-state index is 14.7. The standard InChI is InChI=1S/C26H33ClFN3O4S/c1-30(2)20-8-5-13-31(16-20)19-9-11-21(12-10-19)36(33,34)29-26(32)22-14-23(27)25(15-24(22)28)35-17-18-6-3-4-7-18/h9-12,14-15,18,20H,3-8,13,16-17H2,1-2H3,(H,29,32)/t20-/m0/s1. The van der Waals surface area contributed by atoms with Crippen LogP contribution < -0.4 is 14.4 Å². The van der Waals surface area contributed by atoms with E-state index in [0.717, 1.165) is 69.4 Å². The summed E-state index contributed by atoms with van der Waals surface area (Å²) in [6, 6.07) is 8.93. The molecule has 2 fully saturated rings. The molecular weight excluding hydrogens is 505 g/mol. The first kappa shape index (κ1) is 26.7. The van der Waals surface area contributed by atoms with Gasteiger partial charge in [0.1, 0.15) is 11.6 Å². The summed E-state index contributed by atoms with van der Waals surface area (Å²) in [5.74, 6) is -1.44. The van der Waals surface area contributed by atoms with E-state index in [1.807, 2.05) is 4.72 Å². The normalized spacial score (nSPS) is 19.0. The highest BCUT2D eigenvalue weighted by Gasteiger charge is 2.25. The lowest BCUT2D eigenvalue weighted by Crippen LogP contribution is -2.45. The topological polar surface area (TPSA) is 79.0 Å². The third-order valence-corrected chi connectivity index (χ3v) is 8.72. The summed E-state index contributed by atoms with van der Waals surface area (Å²) in [6.07, 6.45) is 6.61. The molecule has 1 aliphatic carbocycles. The molecule has 1 saturated carbocycles. The Labute approximate surface area is 217 Å². The highest BCUT2D eigenvalue weighted by Crippen LogP contribution is 2.31. The second-order valence-corrected chi connectivity index (χ2v) is 11.9. The van der Waals surface area contributed by atoms with Gasteiger partial charge in [0.25, 0.3) is 15.9 Å². The number of anilines is 1. The predicted molar refractivity (Wildman–Crippen MR) is 139 cm³/mol. The van der Waals surface area contributed by atoms with Gasteiger partial charge in [0.05, 0.1) is 22.1 Å². The lowest BCUT2D eigenvalue weighted by Gasteiger charge is -2.37. The Morgan fingerprint density at radius 1 is 1.14 bits per heavy atom. The molecule has 0 spiro atoms. The van der Waals surface area contributed by atoms with Gasteiger partial charge < -0.3 is 14.5 Å². The van der Waals surface area contributed by atoms with Crippen molar-refractivity contribution in [3.05, 3.63) is 52.8 Å². The minimum atomic E-state index is -4.21. The van der Waals surface area contributed by atoms with Crippen molar-refractivity contribution >= 4 is 33.2 Å². The first-order chi connectivity index (χ1) is 17.1. The Kier molecular flexibility index (Phi) is 8.42. The molecule has 1 amide bonds. The minimum absolute atomic E-state index is 0.0545. The summed E-state index contributed by atoms with van der Waals surface area (Å²) in [7, 11) is -0.0974. The highest BCUT2D eigenvalue weighted by molar-refractivity contribution is 7.90. The van der Waals surface area contributed by atoms with Crippen LogP contribution in [-0.2, 0) is 10.0 Å². The fourth-order valence-electron chi connectivity index (χ4n) is 4.88. The second kappa shape index (κ2) is 11.4. The third kappa shape index (κ3) is 6.30. The van der Waals surface area contributed by atoms with Crippen LogP contribution in [0.15, 0.2) is 41.3 Å². The van der Waals surface area contributed by atoms with Crippen LogP contribution in [-0.4, -0.2) is 59.1 Å². The number of hydrogen-bond acceptors (Lipinski definition) is 6. The second-order valence-electron chi connectivity index (χ2n) is 9.86. The number of amides is 1. The molecule has 36 heavy (non-hydrogen) atoms. The summed E-state index contributed by atoms with van der Waals surface area (Å²) in [4.78, 5) is 17.0. The Balaban J connectivity index is 1.42. The number of likely N-dealkylation sites (N-methyl/N-ethyl adjacent to an activating group) is 1. The van der Waals surface area contributed by atoms with Crippen LogP contribution in [0.1, 0.15) is 48.9 Å². The van der Waals surface area contributed by atoms with Gasteiger partial charge in [-0.05, 0) is 76.0 Å². The number of sulfonamides is 1. The zero-order valence-electron chi connectivity index (χ0n) is 20.7. The number of ether oxygens (including phenoxy) is 1. The summed E-state index contributed by atoms with van der Waals surface area (Å²) in [5.41, 5.74) is 0.453. The van der Waals surface area contributed by atoms with Gasteiger partial charge >= 0.3 is 0 Å². The van der Waals surface area contributed by atoms with Crippen molar-refractivity contribution in [1.82, 2.24) is 9.62 Å². The molecule has 1 heterocycles. The Hall–Kier alpha value is -2.36. The van der Waals surface area contributed by atoms with Gasteiger partial charge in [0, 0.05) is 30.9 Å². The zero-order chi connectivity index (χ0) is 25.9. The fourth-order valence-corrected chi connectivity index (χ4v) is 6.07. The molecule has 1 N–H and O–H groups in total. The number of carbonyl (C=O) groups is 1. The van der Waals surface area contributed by atoms with Gasteiger partial charge in [0.2, 0.25) is 0 Å². The number of piperidine rings is 1. The van der Waals surface area contributed by atoms with Gasteiger partial charge in [0.15, 0.2) is 0 Å². The van der Waals surface area contributed by atoms with Gasteiger partial charge in [-0.3, -0.25) is 4.79 Å². The Morgan fingerprint density at radius 3 is 2.50 bits per heavy atom. The van der Waals surface area contributed by atoms with Crippen molar-refractivity contribution < 1.29 is 22.3 Å². The van der Waals surface area contributed by atoms with Crippen molar-refractivity contribution in [3.63, 3.8) is 0 Å². The molecular formula is C26H33ClFN3O4S. The first-order valence-electron chi connectivity index (χ1n) is 12.3. The molecule has 1 atom stereocenters. The maximum absolute atomic E-state index is 14.7. The molecule has 10 heteroatoms. The number of carbonyl (C=O) groups excluding carboxylic acids is 1. The van der Waals surface area contributed by atoms with E-state index < -0.39 is 27.3 Å². The van der Waals surface area contributed by atoms with Crippen molar-refractivity contribution in [2.45, 2.75) is 49.5 Å². The fraction of sp³-hybridized carbons (Fsp3) is 0.500. The Morgan fingerprint density at radius 2 is 1.83 bits per heavy atom. The highest BCUT2D eigenvalue weighted by atomic mass is 35.5. The van der Waals surface area contributed by atoms with E-state index >= 15 is 0 Å². The molecule has 0 aromatic heterocycles. The third-order valence-electron chi connectivity index (χ3n) is 7.08. The molecule has 0 radical (unpaired) electrons. The molecule has 2 aromatic carbocycles. The molecule has 2 aliphatic rings. The number of benzene rings is 2. The summed E-state index contributed by atoms with van der Waals surface area (Å²) in [6.45, 7) is 2.19. The van der Waals surface area contributed by atoms with Crippen molar-refractivity contribution in [2.75, 3.05) is 38.7 Å². The van der Waals surface area contributed by atoms with Crippen LogP contribution in [0.3, 0.4) is 0 Å². The van der Waals surface area contributed by atoms with E-state index in [2.05, 4.69) is 23.9 Å². The van der Waals surface area contributed by atoms with Gasteiger partial charge in [-0.1, -0.05) is 24.4 Å². The molecule has 2 aromatic rings. The maximum Gasteiger partial charge on any atom is 0.268 e. The summed E-state index contributed by atoms with van der Waals surface area (Å²) < 4.78 is 48.0. The van der Waals surface area contributed by atoms with E-state index in [1.54, 1.807) is 12.1 Å². The van der Waals surface area contributed by atoms with Crippen molar-refractivity contribution in [2.24, 2.45) is 5.92 Å². The van der Waals surface area contributed by atoms with Crippen LogP contribution in [0.25, 0.3) is 0 Å². The molecule has 1 saturated heterocycles. The SMILES string of the molecule is CN(C)[C@H]1CCCN(c2ccc(S(=O)(=O)NC(=O)c3cc(Cl)c(OCC4CCCC4)cc3F)cc2)C1. The number of nitrogens with zero attached hydrogens (tertiary/aromatic N) is 2. The molecule has 0 unspecified atom stereocenters. The van der Waals surface area contributed by atoms with Crippen LogP contribution >= 0.6 is 11.6 Å². The predicted octanol–water partition coefficient (Wildman–Crippen LogP) is 4.70. The molecule has 1 aliphatic heterocycles. The number of nitrogens with one attached hydrogen (secondary N) is 1. The van der Waals surface area contributed by atoms with E-state index in [9.17, 15) is 17.6 Å². The smallest absolute Gasteiger partial charge is 0.268 e. The van der Waals surface area contributed by atoms with E-state index in [4.69, 9.17) is 16.3 Å². The van der Waals surface area contributed by atoms with Crippen molar-refractivity contribution in [3.8, 4) is 5.75 Å². The largest absolute Gasteiger partial charge is 0.492 e. The zero-order valence-corrected chi connectivity index (χ0v) is 22.2. The van der Waals surface area contributed by atoms with E-state index in [-0.39, 0.29) is 15.7 Å². The number of hydrogen-bond donors (Lipinski definition) is 1. The molecule has 4 rings (SSSR count). The van der Waals surface area contributed by atoms with Crippen molar-refractivity contribution in [1.29, 1.82) is 0 Å². The Bertz CT molecular complexity index is 1180. The molecule has 7 nitrogen and oxygen atoms in total. The average molecular weight is 538 g/mol. The van der Waals surface area contributed by atoms with E-state index in [1.165, 1.54) is 12.1 Å². The average Bonchev–Trinajstić information content (AvgIpc) is 3.38. The number of rotatable bonds is 8. The lowest BCUT2D eigenvalue weighted by atomic mass is 10.0. The monoisotopic (exact) mass is 537 g/mol. The molecule has 196 valence electrons. The van der Waals surface area contributed by atoms with Gasteiger partial charge in [-0.2, -0.15) is 0 Å². The summed E-state index contributed by atoms with van der Waals surface area (Å²) >= 11 is 6.21. The number of halogens is 2. The van der Waals surface area contributed by atoms with Crippen LogP contribution in [0.2, 0.25) is 5.02 Å². The first-order valence-corrected chi connectivity index (χ1v) is 14.2.